The quantitative estimate of drug-likeness (QED) is 0.118. The molecule has 0 aliphatic carbocycles. The monoisotopic (exact) mass is 437 g/mol. The average molecular weight is 437 g/mol. The van der Waals surface area contributed by atoms with Crippen LogP contribution < -0.4 is 0 Å². The summed E-state index contributed by atoms with van der Waals surface area (Å²) in [6.45, 7) is 9.60. The molecule has 2 unspecified atom stereocenters. The first-order valence-corrected chi connectivity index (χ1v) is 15.2. The average Bonchev–Trinajstić information content (AvgIpc) is 2.76. The predicted octanol–water partition coefficient (Wildman–Crippen LogP) is 12.1. The summed E-state index contributed by atoms with van der Waals surface area (Å²) in [6, 6.07) is 0. The van der Waals surface area contributed by atoms with E-state index >= 15 is 0 Å². The first-order valence-electron chi connectivity index (χ1n) is 15.2. The molecule has 31 heavy (non-hydrogen) atoms. The maximum Gasteiger partial charge on any atom is -0.0443 e. The second-order valence-electron chi connectivity index (χ2n) is 11.1. The zero-order valence-corrected chi connectivity index (χ0v) is 22.8. The van der Waals surface area contributed by atoms with E-state index in [0.717, 1.165) is 11.8 Å². The largest absolute Gasteiger partial charge is 0.0654 e. The first kappa shape index (κ1) is 31.0. The van der Waals surface area contributed by atoms with Gasteiger partial charge >= 0.3 is 0 Å². The molecule has 0 nitrogen and oxygen atoms in total. The molecule has 0 aromatic carbocycles. The first-order chi connectivity index (χ1) is 15.2. The molecule has 0 spiro atoms. The Balaban J connectivity index is 3.23. The van der Waals surface area contributed by atoms with Crippen molar-refractivity contribution in [3.05, 3.63) is 0 Å². The van der Waals surface area contributed by atoms with E-state index in [1.54, 1.807) is 0 Å². The van der Waals surface area contributed by atoms with Gasteiger partial charge in [-0.1, -0.05) is 188 Å². The van der Waals surface area contributed by atoms with Crippen molar-refractivity contribution in [3.63, 3.8) is 0 Å². The summed E-state index contributed by atoms with van der Waals surface area (Å²) in [7, 11) is 0. The Labute approximate surface area is 200 Å². The maximum absolute atomic E-state index is 2.50. The summed E-state index contributed by atoms with van der Waals surface area (Å²) in [4.78, 5) is 0. The standard InChI is InChI=1S/C31H64/c1-5-7-9-11-12-13-14-15-16-17-18-19-20-22-24-27-31(4)29-25-28-30(3)26-23-21-10-8-6-2/h30-31H,5-29H2,1-4H3. The van der Waals surface area contributed by atoms with Crippen molar-refractivity contribution >= 4 is 0 Å². The number of rotatable bonds is 26. The van der Waals surface area contributed by atoms with Crippen molar-refractivity contribution in [1.82, 2.24) is 0 Å². The fourth-order valence-electron chi connectivity index (χ4n) is 5.06. The summed E-state index contributed by atoms with van der Waals surface area (Å²) in [5.74, 6) is 1.92. The van der Waals surface area contributed by atoms with Gasteiger partial charge in [0.25, 0.3) is 0 Å². The van der Waals surface area contributed by atoms with Gasteiger partial charge in [-0.25, -0.2) is 0 Å². The third-order valence-corrected chi connectivity index (χ3v) is 7.49. The third kappa shape index (κ3) is 26.1. The minimum atomic E-state index is 0.957. The van der Waals surface area contributed by atoms with E-state index in [2.05, 4.69) is 27.7 Å². The van der Waals surface area contributed by atoms with Crippen molar-refractivity contribution in [2.45, 2.75) is 188 Å². The molecule has 0 heteroatoms. The highest BCUT2D eigenvalue weighted by Crippen LogP contribution is 2.22. The van der Waals surface area contributed by atoms with Crippen LogP contribution in [-0.4, -0.2) is 0 Å². The molecule has 0 aromatic heterocycles. The Morgan fingerprint density at radius 2 is 0.516 bits per heavy atom. The topological polar surface area (TPSA) is 0 Å². The van der Waals surface area contributed by atoms with Crippen LogP contribution in [0.15, 0.2) is 0 Å². The van der Waals surface area contributed by atoms with E-state index in [0.29, 0.717) is 0 Å². The van der Waals surface area contributed by atoms with Crippen LogP contribution in [0.4, 0.5) is 0 Å². The zero-order chi connectivity index (χ0) is 22.8. The van der Waals surface area contributed by atoms with Gasteiger partial charge in [0.1, 0.15) is 0 Å². The van der Waals surface area contributed by atoms with Crippen molar-refractivity contribution in [2.75, 3.05) is 0 Å². The minimum Gasteiger partial charge on any atom is -0.0654 e. The lowest BCUT2D eigenvalue weighted by Gasteiger charge is -2.14. The van der Waals surface area contributed by atoms with Crippen LogP contribution in [0.25, 0.3) is 0 Å². The van der Waals surface area contributed by atoms with Crippen molar-refractivity contribution < 1.29 is 0 Å². The second kappa shape index (κ2) is 26.3. The Morgan fingerprint density at radius 3 is 0.806 bits per heavy atom. The smallest absolute Gasteiger partial charge is 0.0443 e. The van der Waals surface area contributed by atoms with Gasteiger partial charge in [-0.05, 0) is 11.8 Å². The minimum absolute atomic E-state index is 0.957. The van der Waals surface area contributed by atoms with Gasteiger partial charge in [-0.2, -0.15) is 0 Å². The molecular formula is C31H64. The number of hydrogen-bond donors (Lipinski definition) is 0. The van der Waals surface area contributed by atoms with Crippen LogP contribution in [-0.2, 0) is 0 Å². The zero-order valence-electron chi connectivity index (χ0n) is 22.8. The Hall–Kier alpha value is 0. The number of unbranched alkanes of at least 4 members (excludes halogenated alkanes) is 18. The van der Waals surface area contributed by atoms with Crippen molar-refractivity contribution in [2.24, 2.45) is 11.8 Å². The molecule has 2 atom stereocenters. The summed E-state index contributed by atoms with van der Waals surface area (Å²) < 4.78 is 0. The van der Waals surface area contributed by atoms with Crippen molar-refractivity contribution in [1.29, 1.82) is 0 Å². The van der Waals surface area contributed by atoms with E-state index < -0.39 is 0 Å². The molecule has 188 valence electrons. The molecule has 0 fully saturated rings. The molecule has 0 saturated carbocycles. The molecule has 0 saturated heterocycles. The van der Waals surface area contributed by atoms with E-state index in [-0.39, 0.29) is 0 Å². The van der Waals surface area contributed by atoms with Gasteiger partial charge in [0.2, 0.25) is 0 Å². The highest BCUT2D eigenvalue weighted by atomic mass is 14.1. The van der Waals surface area contributed by atoms with E-state index in [9.17, 15) is 0 Å². The lowest BCUT2D eigenvalue weighted by Crippen LogP contribution is -1.99. The van der Waals surface area contributed by atoms with Gasteiger partial charge in [-0.3, -0.25) is 0 Å². The summed E-state index contributed by atoms with van der Waals surface area (Å²) >= 11 is 0. The molecule has 0 bridgehead atoms. The lowest BCUT2D eigenvalue weighted by molar-refractivity contribution is 0.391. The van der Waals surface area contributed by atoms with Gasteiger partial charge in [-0.15, -0.1) is 0 Å². The highest BCUT2D eigenvalue weighted by Gasteiger charge is 2.06. The van der Waals surface area contributed by atoms with Gasteiger partial charge in [0.15, 0.2) is 0 Å². The van der Waals surface area contributed by atoms with Crippen LogP contribution in [0.3, 0.4) is 0 Å². The summed E-state index contributed by atoms with van der Waals surface area (Å²) in [5.41, 5.74) is 0. The van der Waals surface area contributed by atoms with E-state index in [1.807, 2.05) is 0 Å². The lowest BCUT2D eigenvalue weighted by atomic mass is 9.92. The summed E-state index contributed by atoms with van der Waals surface area (Å²) in [5, 5.41) is 0. The van der Waals surface area contributed by atoms with Crippen LogP contribution in [0, 0.1) is 11.8 Å². The molecule has 0 radical (unpaired) electrons. The van der Waals surface area contributed by atoms with Gasteiger partial charge < -0.3 is 0 Å². The normalized spacial score (nSPS) is 13.5. The predicted molar refractivity (Wildman–Crippen MR) is 145 cm³/mol. The molecular weight excluding hydrogens is 372 g/mol. The molecule has 0 amide bonds. The Morgan fingerprint density at radius 1 is 0.290 bits per heavy atom. The second-order valence-corrected chi connectivity index (χ2v) is 11.1. The fourth-order valence-corrected chi connectivity index (χ4v) is 5.06. The molecule has 0 N–H and O–H groups in total. The Kier molecular flexibility index (Phi) is 26.3. The highest BCUT2D eigenvalue weighted by molar-refractivity contribution is 4.59. The van der Waals surface area contributed by atoms with Crippen LogP contribution in [0.5, 0.6) is 0 Å². The summed E-state index contributed by atoms with van der Waals surface area (Å²) in [6.07, 6.45) is 36.7. The number of hydrogen-bond acceptors (Lipinski definition) is 0. The van der Waals surface area contributed by atoms with Crippen molar-refractivity contribution in [3.8, 4) is 0 Å². The SMILES string of the molecule is CCCCCCCCCCCCCCCCCC(C)CCCC(C)CCCCCCC. The maximum atomic E-state index is 2.50. The van der Waals surface area contributed by atoms with Gasteiger partial charge in [0.05, 0.1) is 0 Å². The molecule has 0 aliphatic rings. The van der Waals surface area contributed by atoms with Crippen LogP contribution >= 0.6 is 0 Å². The molecule has 0 aliphatic heterocycles. The van der Waals surface area contributed by atoms with Crippen LogP contribution in [0.1, 0.15) is 188 Å². The third-order valence-electron chi connectivity index (χ3n) is 7.49. The van der Waals surface area contributed by atoms with Crippen LogP contribution in [0.2, 0.25) is 0 Å². The Bertz CT molecular complexity index is 307. The molecule has 0 rings (SSSR count). The van der Waals surface area contributed by atoms with Gasteiger partial charge in [0, 0.05) is 0 Å². The fraction of sp³-hybridized carbons (Fsp3) is 1.00. The van der Waals surface area contributed by atoms with E-state index in [4.69, 9.17) is 0 Å². The molecule has 0 heterocycles. The molecule has 0 aromatic rings. The van der Waals surface area contributed by atoms with E-state index in [1.165, 1.54) is 161 Å².